The van der Waals surface area contributed by atoms with Gasteiger partial charge in [-0.15, -0.1) is 0 Å². The fraction of sp³-hybridized carbons (Fsp3) is 0. The minimum Gasteiger partial charge on any atom is -0.329 e. The number of rotatable bonds is 2. The number of carbonyl (C=O) groups is 1. The monoisotopic (exact) mass is 172 g/mol. The third kappa shape index (κ3) is 1.49. The Balaban J connectivity index is 2.55. The van der Waals surface area contributed by atoms with Crippen molar-refractivity contribution in [2.75, 3.05) is 5.32 Å². The van der Waals surface area contributed by atoms with E-state index in [2.05, 4.69) is 10.3 Å². The lowest BCUT2D eigenvalue weighted by atomic mass is 10.2. The van der Waals surface area contributed by atoms with Crippen molar-refractivity contribution in [1.82, 2.24) is 4.98 Å². The lowest BCUT2D eigenvalue weighted by Crippen LogP contribution is -1.92. The summed E-state index contributed by atoms with van der Waals surface area (Å²) in [5.41, 5.74) is 1.72. The van der Waals surface area contributed by atoms with Gasteiger partial charge in [0, 0.05) is 17.3 Å². The van der Waals surface area contributed by atoms with E-state index in [1.165, 1.54) is 0 Å². The second kappa shape index (κ2) is 3.23. The quantitative estimate of drug-likeness (QED) is 0.702. The number of benzene rings is 1. The van der Waals surface area contributed by atoms with Gasteiger partial charge in [0.25, 0.3) is 0 Å². The third-order valence-electron chi connectivity index (χ3n) is 1.83. The first kappa shape index (κ1) is 7.73. The molecule has 2 aromatic rings. The molecule has 1 heterocycles. The number of carbonyl (C=O) groups excluding carboxylic acids is 1. The molecular weight excluding hydrogens is 164 g/mol. The van der Waals surface area contributed by atoms with E-state index in [1.807, 2.05) is 30.3 Å². The van der Waals surface area contributed by atoms with Crippen LogP contribution in [-0.2, 0) is 4.79 Å². The minimum atomic E-state index is 0.664. The van der Waals surface area contributed by atoms with Crippen LogP contribution >= 0.6 is 0 Å². The summed E-state index contributed by atoms with van der Waals surface area (Å²) in [6.45, 7) is 0. The number of pyridine rings is 1. The Hall–Kier alpha value is -1.90. The summed E-state index contributed by atoms with van der Waals surface area (Å²) >= 11 is 0. The summed E-state index contributed by atoms with van der Waals surface area (Å²) in [7, 11) is 0. The number of fused-ring (bicyclic) bond motifs is 1. The van der Waals surface area contributed by atoms with Gasteiger partial charge in [0.15, 0.2) is 0 Å². The lowest BCUT2D eigenvalue weighted by molar-refractivity contribution is -0.105. The van der Waals surface area contributed by atoms with Gasteiger partial charge in [0.05, 0.1) is 5.52 Å². The number of nitrogens with one attached hydrogen (secondary N) is 1. The molecule has 3 heteroatoms. The average Bonchev–Trinajstić information content (AvgIpc) is 2.18. The largest absolute Gasteiger partial charge is 0.329 e. The van der Waals surface area contributed by atoms with Crippen LogP contribution in [0.5, 0.6) is 0 Å². The molecule has 0 saturated heterocycles. The predicted molar refractivity (Wildman–Crippen MR) is 51.4 cm³/mol. The SMILES string of the molecule is O=CNc1ccc2ncccc2c1. The first-order chi connectivity index (χ1) is 6.40. The van der Waals surface area contributed by atoms with E-state index >= 15 is 0 Å². The van der Waals surface area contributed by atoms with Gasteiger partial charge in [-0.05, 0) is 24.3 Å². The molecule has 2 rings (SSSR count). The van der Waals surface area contributed by atoms with Gasteiger partial charge < -0.3 is 5.32 Å². The topological polar surface area (TPSA) is 42.0 Å². The molecule has 13 heavy (non-hydrogen) atoms. The van der Waals surface area contributed by atoms with Crippen LogP contribution in [-0.4, -0.2) is 11.4 Å². The highest BCUT2D eigenvalue weighted by Gasteiger charge is 1.94. The van der Waals surface area contributed by atoms with Gasteiger partial charge >= 0.3 is 0 Å². The number of amides is 1. The molecule has 0 aliphatic heterocycles. The second-order valence-electron chi connectivity index (χ2n) is 2.67. The highest BCUT2D eigenvalue weighted by atomic mass is 16.1. The van der Waals surface area contributed by atoms with Crippen molar-refractivity contribution in [2.24, 2.45) is 0 Å². The maximum atomic E-state index is 10.2. The van der Waals surface area contributed by atoms with Crippen molar-refractivity contribution in [1.29, 1.82) is 0 Å². The zero-order valence-corrected chi connectivity index (χ0v) is 6.90. The van der Waals surface area contributed by atoms with Crippen molar-refractivity contribution in [2.45, 2.75) is 0 Å². The van der Waals surface area contributed by atoms with Crippen molar-refractivity contribution in [3.05, 3.63) is 36.5 Å². The Labute approximate surface area is 75.4 Å². The molecule has 3 nitrogen and oxygen atoms in total. The molecular formula is C10H8N2O. The second-order valence-corrected chi connectivity index (χ2v) is 2.67. The summed E-state index contributed by atoms with van der Waals surface area (Å²) in [4.78, 5) is 14.3. The molecule has 0 aliphatic rings. The molecule has 0 atom stereocenters. The third-order valence-corrected chi connectivity index (χ3v) is 1.83. The molecule has 1 N–H and O–H groups in total. The van der Waals surface area contributed by atoms with E-state index in [0.29, 0.717) is 6.41 Å². The molecule has 64 valence electrons. The predicted octanol–water partition coefficient (Wildman–Crippen LogP) is 1.80. The molecule has 0 bridgehead atoms. The van der Waals surface area contributed by atoms with E-state index in [4.69, 9.17) is 0 Å². The first-order valence-corrected chi connectivity index (χ1v) is 3.95. The molecule has 0 saturated carbocycles. The number of anilines is 1. The van der Waals surface area contributed by atoms with Gasteiger partial charge in [-0.25, -0.2) is 0 Å². The van der Waals surface area contributed by atoms with Gasteiger partial charge in [-0.3, -0.25) is 9.78 Å². The summed E-state index contributed by atoms with van der Waals surface area (Å²) in [6.07, 6.45) is 2.41. The van der Waals surface area contributed by atoms with E-state index < -0.39 is 0 Å². The normalized spacial score (nSPS) is 9.85. The Morgan fingerprint density at radius 3 is 3.08 bits per heavy atom. The molecule has 0 spiro atoms. The summed E-state index contributed by atoms with van der Waals surface area (Å²) < 4.78 is 0. The highest BCUT2D eigenvalue weighted by Crippen LogP contribution is 2.15. The van der Waals surface area contributed by atoms with E-state index in [-0.39, 0.29) is 0 Å². The Kier molecular flexibility index (Phi) is 1.92. The Morgan fingerprint density at radius 1 is 1.31 bits per heavy atom. The maximum Gasteiger partial charge on any atom is 0.211 e. The molecule has 1 aromatic heterocycles. The number of hydrogen-bond acceptors (Lipinski definition) is 2. The van der Waals surface area contributed by atoms with E-state index in [0.717, 1.165) is 16.6 Å². The maximum absolute atomic E-state index is 10.2. The van der Waals surface area contributed by atoms with Crippen LogP contribution in [0.15, 0.2) is 36.5 Å². The van der Waals surface area contributed by atoms with Gasteiger partial charge in [-0.2, -0.15) is 0 Å². The highest BCUT2D eigenvalue weighted by molar-refractivity contribution is 5.84. The molecule has 0 radical (unpaired) electrons. The van der Waals surface area contributed by atoms with Gasteiger partial charge in [0.2, 0.25) is 6.41 Å². The van der Waals surface area contributed by atoms with Crippen molar-refractivity contribution < 1.29 is 4.79 Å². The van der Waals surface area contributed by atoms with Crippen molar-refractivity contribution >= 4 is 23.0 Å². The molecule has 0 fully saturated rings. The van der Waals surface area contributed by atoms with Crippen LogP contribution in [0.25, 0.3) is 10.9 Å². The first-order valence-electron chi connectivity index (χ1n) is 3.95. The zero-order chi connectivity index (χ0) is 9.10. The van der Waals surface area contributed by atoms with Crippen molar-refractivity contribution in [3.8, 4) is 0 Å². The summed E-state index contributed by atoms with van der Waals surface area (Å²) in [5, 5.41) is 3.61. The van der Waals surface area contributed by atoms with Crippen LogP contribution in [0, 0.1) is 0 Å². The van der Waals surface area contributed by atoms with Gasteiger partial charge in [0.1, 0.15) is 0 Å². The molecule has 0 aliphatic carbocycles. The van der Waals surface area contributed by atoms with Crippen molar-refractivity contribution in [3.63, 3.8) is 0 Å². The summed E-state index contributed by atoms with van der Waals surface area (Å²) in [6, 6.07) is 9.41. The number of hydrogen-bond donors (Lipinski definition) is 1. The van der Waals surface area contributed by atoms with E-state index in [9.17, 15) is 4.79 Å². The Bertz CT molecular complexity index is 440. The van der Waals surface area contributed by atoms with Crippen LogP contribution in [0.4, 0.5) is 5.69 Å². The van der Waals surface area contributed by atoms with Gasteiger partial charge in [-0.1, -0.05) is 6.07 Å². The smallest absolute Gasteiger partial charge is 0.211 e. The van der Waals surface area contributed by atoms with Crippen LogP contribution in [0.3, 0.4) is 0 Å². The molecule has 1 amide bonds. The molecule has 1 aromatic carbocycles. The van der Waals surface area contributed by atoms with Crippen LogP contribution in [0.1, 0.15) is 0 Å². The zero-order valence-electron chi connectivity index (χ0n) is 6.90. The Morgan fingerprint density at radius 2 is 2.23 bits per heavy atom. The summed E-state index contributed by atoms with van der Waals surface area (Å²) in [5.74, 6) is 0. The fourth-order valence-corrected chi connectivity index (χ4v) is 1.23. The molecule has 0 unspecified atom stereocenters. The average molecular weight is 172 g/mol. The van der Waals surface area contributed by atoms with Crippen LogP contribution < -0.4 is 5.32 Å². The number of aromatic nitrogens is 1. The number of nitrogens with zero attached hydrogens (tertiary/aromatic N) is 1. The van der Waals surface area contributed by atoms with Crippen LogP contribution in [0.2, 0.25) is 0 Å². The lowest BCUT2D eigenvalue weighted by Gasteiger charge is -2.00. The minimum absolute atomic E-state index is 0.664. The standard InChI is InChI=1S/C10H8N2O/c13-7-12-9-3-4-10-8(6-9)2-1-5-11-10/h1-7H,(H,12,13). The fourth-order valence-electron chi connectivity index (χ4n) is 1.23. The van der Waals surface area contributed by atoms with E-state index in [1.54, 1.807) is 6.20 Å².